The number of carboxylic acid groups (broad SMARTS) is 1. The smallest absolute Gasteiger partial charge is 0.304 e. The average molecular weight is 391 g/mol. The SMILES string of the molecule is CCC(C)(SCCNC)C(CC(=O)O)C(=O)NC(CN)C(=O)NC(C)C. The van der Waals surface area contributed by atoms with Gasteiger partial charge in [0.05, 0.1) is 12.3 Å². The molecule has 0 aromatic rings. The third-order valence-corrected chi connectivity index (χ3v) is 5.86. The normalized spacial score (nSPS) is 15.8. The van der Waals surface area contributed by atoms with Gasteiger partial charge in [-0.3, -0.25) is 14.4 Å². The van der Waals surface area contributed by atoms with Crippen molar-refractivity contribution in [2.45, 2.75) is 57.4 Å². The van der Waals surface area contributed by atoms with Crippen LogP contribution in [0.4, 0.5) is 0 Å². The van der Waals surface area contributed by atoms with E-state index in [0.717, 1.165) is 12.3 Å². The van der Waals surface area contributed by atoms with Gasteiger partial charge in [0.25, 0.3) is 0 Å². The van der Waals surface area contributed by atoms with Crippen LogP contribution in [-0.2, 0) is 14.4 Å². The number of carboxylic acids is 1. The third-order valence-electron chi connectivity index (χ3n) is 4.22. The van der Waals surface area contributed by atoms with Gasteiger partial charge in [-0.05, 0) is 34.2 Å². The first-order chi connectivity index (χ1) is 12.1. The first-order valence-electron chi connectivity index (χ1n) is 8.92. The number of amides is 2. The fraction of sp³-hybridized carbons (Fsp3) is 0.824. The molecule has 0 saturated carbocycles. The Kier molecular flexibility index (Phi) is 11.5. The second-order valence-corrected chi connectivity index (χ2v) is 8.36. The van der Waals surface area contributed by atoms with Gasteiger partial charge in [-0.2, -0.15) is 11.8 Å². The summed E-state index contributed by atoms with van der Waals surface area (Å²) >= 11 is 1.56. The highest BCUT2D eigenvalue weighted by Gasteiger charge is 2.40. The average Bonchev–Trinajstić information content (AvgIpc) is 2.56. The Morgan fingerprint density at radius 2 is 1.81 bits per heavy atom. The Hall–Kier alpha value is -1.32. The molecule has 0 bridgehead atoms. The minimum absolute atomic E-state index is 0.0557. The molecule has 152 valence electrons. The number of hydrogen-bond acceptors (Lipinski definition) is 6. The lowest BCUT2D eigenvalue weighted by atomic mass is 9.86. The summed E-state index contributed by atoms with van der Waals surface area (Å²) in [6.45, 7) is 8.15. The molecule has 0 aliphatic carbocycles. The number of carbonyl (C=O) groups is 3. The molecule has 3 atom stereocenters. The zero-order chi connectivity index (χ0) is 20.3. The predicted molar refractivity (Wildman–Crippen MR) is 105 cm³/mol. The maximum Gasteiger partial charge on any atom is 0.304 e. The van der Waals surface area contributed by atoms with Crippen LogP contribution in [0.3, 0.4) is 0 Å². The van der Waals surface area contributed by atoms with Crippen molar-refractivity contribution in [2.24, 2.45) is 11.7 Å². The van der Waals surface area contributed by atoms with Gasteiger partial charge >= 0.3 is 5.97 Å². The van der Waals surface area contributed by atoms with Gasteiger partial charge in [-0.1, -0.05) is 6.92 Å². The van der Waals surface area contributed by atoms with Crippen molar-refractivity contribution in [2.75, 3.05) is 25.9 Å². The molecule has 2 amide bonds. The maximum absolute atomic E-state index is 12.8. The number of rotatable bonds is 13. The van der Waals surface area contributed by atoms with Gasteiger partial charge in [0.2, 0.25) is 11.8 Å². The number of hydrogen-bond donors (Lipinski definition) is 5. The first kappa shape index (κ1) is 24.7. The Balaban J connectivity index is 5.32. The van der Waals surface area contributed by atoms with E-state index < -0.39 is 28.6 Å². The topological polar surface area (TPSA) is 134 Å². The predicted octanol–water partition coefficient (Wildman–Crippen LogP) is 0.167. The fourth-order valence-electron chi connectivity index (χ4n) is 2.48. The van der Waals surface area contributed by atoms with Crippen molar-refractivity contribution in [1.29, 1.82) is 0 Å². The Bertz CT molecular complexity index is 476. The number of nitrogens with one attached hydrogen (secondary N) is 3. The summed E-state index contributed by atoms with van der Waals surface area (Å²) in [5, 5.41) is 17.7. The summed E-state index contributed by atoms with van der Waals surface area (Å²) in [6, 6.07) is -0.967. The molecule has 6 N–H and O–H groups in total. The molecule has 3 unspecified atom stereocenters. The molecule has 9 heteroatoms. The standard InChI is InChI=1S/C17H34N4O4S/c1-6-17(4,26-8-7-19-5)12(9-14(22)23)15(24)21-13(10-18)16(25)20-11(2)3/h11-13,19H,6-10,18H2,1-5H3,(H,20,25)(H,21,24)(H,22,23). The third kappa shape index (κ3) is 8.37. The molecule has 0 rings (SSSR count). The van der Waals surface area contributed by atoms with Crippen LogP contribution in [0, 0.1) is 5.92 Å². The van der Waals surface area contributed by atoms with Crippen LogP contribution in [0.25, 0.3) is 0 Å². The molecule has 0 radical (unpaired) electrons. The van der Waals surface area contributed by atoms with E-state index in [2.05, 4.69) is 16.0 Å². The maximum atomic E-state index is 12.8. The van der Waals surface area contributed by atoms with Gasteiger partial charge in [-0.25, -0.2) is 0 Å². The summed E-state index contributed by atoms with van der Waals surface area (Å²) in [7, 11) is 1.84. The lowest BCUT2D eigenvalue weighted by Gasteiger charge is -2.35. The van der Waals surface area contributed by atoms with Gasteiger partial charge in [0.1, 0.15) is 6.04 Å². The molecule has 0 aromatic carbocycles. The Morgan fingerprint density at radius 3 is 2.23 bits per heavy atom. The van der Waals surface area contributed by atoms with E-state index in [0.29, 0.717) is 6.42 Å². The van der Waals surface area contributed by atoms with Crippen LogP contribution in [0.15, 0.2) is 0 Å². The quantitative estimate of drug-likeness (QED) is 0.283. The minimum Gasteiger partial charge on any atom is -0.481 e. The zero-order valence-electron chi connectivity index (χ0n) is 16.4. The van der Waals surface area contributed by atoms with Crippen LogP contribution >= 0.6 is 11.8 Å². The summed E-state index contributed by atoms with van der Waals surface area (Å²) in [5.41, 5.74) is 5.63. The molecule has 0 aromatic heterocycles. The van der Waals surface area contributed by atoms with Gasteiger partial charge in [0.15, 0.2) is 0 Å². The van der Waals surface area contributed by atoms with Crippen LogP contribution in [-0.4, -0.2) is 65.6 Å². The molecule has 0 aliphatic heterocycles. The number of aliphatic carboxylic acids is 1. The molecule has 0 saturated heterocycles. The molecule has 0 spiro atoms. The van der Waals surface area contributed by atoms with E-state index in [-0.39, 0.29) is 24.9 Å². The van der Waals surface area contributed by atoms with Crippen molar-refractivity contribution in [3.63, 3.8) is 0 Å². The molecular weight excluding hydrogens is 356 g/mol. The second-order valence-electron chi connectivity index (χ2n) is 6.73. The van der Waals surface area contributed by atoms with Crippen LogP contribution in [0.1, 0.15) is 40.5 Å². The van der Waals surface area contributed by atoms with Crippen molar-refractivity contribution < 1.29 is 19.5 Å². The zero-order valence-corrected chi connectivity index (χ0v) is 17.2. The van der Waals surface area contributed by atoms with E-state index in [1.165, 1.54) is 0 Å². The summed E-state index contributed by atoms with van der Waals surface area (Å²) in [6.07, 6.45) is 0.323. The lowest BCUT2D eigenvalue weighted by molar-refractivity contribution is -0.142. The fourth-order valence-corrected chi connectivity index (χ4v) is 3.85. The van der Waals surface area contributed by atoms with Crippen LogP contribution < -0.4 is 21.7 Å². The number of carbonyl (C=O) groups excluding carboxylic acids is 2. The van der Waals surface area contributed by atoms with Crippen molar-refractivity contribution in [3.05, 3.63) is 0 Å². The van der Waals surface area contributed by atoms with E-state index in [4.69, 9.17) is 5.73 Å². The summed E-state index contributed by atoms with van der Waals surface area (Å²) in [4.78, 5) is 36.3. The Morgan fingerprint density at radius 1 is 1.19 bits per heavy atom. The van der Waals surface area contributed by atoms with E-state index in [1.54, 1.807) is 11.8 Å². The molecule has 26 heavy (non-hydrogen) atoms. The van der Waals surface area contributed by atoms with Crippen molar-refractivity contribution in [1.82, 2.24) is 16.0 Å². The largest absolute Gasteiger partial charge is 0.481 e. The van der Waals surface area contributed by atoms with Crippen molar-refractivity contribution in [3.8, 4) is 0 Å². The van der Waals surface area contributed by atoms with Gasteiger partial charge in [0, 0.05) is 29.6 Å². The highest BCUT2D eigenvalue weighted by Crippen LogP contribution is 2.38. The first-order valence-corrected chi connectivity index (χ1v) is 9.90. The van der Waals surface area contributed by atoms with Crippen LogP contribution in [0.2, 0.25) is 0 Å². The summed E-state index contributed by atoms with van der Waals surface area (Å²) in [5.74, 6) is -1.89. The Labute approximate surface area is 160 Å². The van der Waals surface area contributed by atoms with E-state index >= 15 is 0 Å². The molecular formula is C17H34N4O4S. The number of nitrogens with two attached hydrogens (primary N) is 1. The molecule has 0 aliphatic rings. The van der Waals surface area contributed by atoms with E-state index in [9.17, 15) is 19.5 Å². The molecule has 0 fully saturated rings. The van der Waals surface area contributed by atoms with Gasteiger partial charge in [-0.15, -0.1) is 0 Å². The van der Waals surface area contributed by atoms with Gasteiger partial charge < -0.3 is 26.8 Å². The molecule has 0 heterocycles. The summed E-state index contributed by atoms with van der Waals surface area (Å²) < 4.78 is -0.563. The number of thioether (sulfide) groups is 1. The lowest BCUT2D eigenvalue weighted by Crippen LogP contribution is -2.55. The monoisotopic (exact) mass is 390 g/mol. The van der Waals surface area contributed by atoms with E-state index in [1.807, 2.05) is 34.7 Å². The van der Waals surface area contributed by atoms with Crippen molar-refractivity contribution >= 4 is 29.5 Å². The second kappa shape index (κ2) is 12.1. The van der Waals surface area contributed by atoms with Crippen LogP contribution in [0.5, 0.6) is 0 Å². The highest BCUT2D eigenvalue weighted by molar-refractivity contribution is 8.00. The highest BCUT2D eigenvalue weighted by atomic mass is 32.2. The molecule has 8 nitrogen and oxygen atoms in total. The minimum atomic E-state index is -1.05.